The fourth-order valence-corrected chi connectivity index (χ4v) is 0.548. The van der Waals surface area contributed by atoms with E-state index < -0.39 is 0 Å². The Morgan fingerprint density at radius 3 is 2.90 bits per heavy atom. The molecule has 0 atom stereocenters. The van der Waals surface area contributed by atoms with Crippen molar-refractivity contribution in [1.82, 2.24) is 0 Å². The lowest BCUT2D eigenvalue weighted by molar-refractivity contribution is 0.312. The van der Waals surface area contributed by atoms with Gasteiger partial charge in [-0.3, -0.25) is 0 Å². The van der Waals surface area contributed by atoms with E-state index >= 15 is 0 Å². The van der Waals surface area contributed by atoms with Crippen molar-refractivity contribution in [2.75, 3.05) is 11.5 Å². The highest BCUT2D eigenvalue weighted by Crippen LogP contribution is 1.90. The summed E-state index contributed by atoms with van der Waals surface area (Å²) >= 11 is 2.15. The van der Waals surface area contributed by atoms with Gasteiger partial charge in [-0.2, -0.15) is 0 Å². The van der Waals surface area contributed by atoms with Crippen molar-refractivity contribution in [3.63, 3.8) is 0 Å². The Hall–Kier alpha value is -0.500. The third kappa shape index (κ3) is 4.39. The molecule has 10 heavy (non-hydrogen) atoms. The molecule has 0 saturated heterocycles. The van der Waals surface area contributed by atoms with E-state index in [0.29, 0.717) is 5.76 Å². The molecule has 0 spiro atoms. The number of allylic oxidation sites excluding steroid dienone is 2. The molecule has 0 amide bonds. The van der Waals surface area contributed by atoms with Crippen LogP contribution in [-0.2, 0) is 4.74 Å². The number of alkyl halides is 1. The third-order valence-electron chi connectivity index (χ3n) is 0.733. The van der Waals surface area contributed by atoms with Crippen LogP contribution in [0.3, 0.4) is 0 Å². The van der Waals surface area contributed by atoms with Crippen LogP contribution in [0.15, 0.2) is 11.8 Å². The second-order valence-corrected chi connectivity index (χ2v) is 2.10. The lowest BCUT2D eigenvalue weighted by atomic mass is 10.4. The van der Waals surface area contributed by atoms with E-state index in [1.165, 1.54) is 13.2 Å². The van der Waals surface area contributed by atoms with Crippen LogP contribution in [0.1, 0.15) is 0 Å². The van der Waals surface area contributed by atoms with Crippen LogP contribution in [-0.4, -0.2) is 17.8 Å². The maximum absolute atomic E-state index is 6.72. The number of hydrogen-bond acceptors (Lipinski definition) is 2. The maximum Gasteiger partial charge on any atom is 0.171 e. The Morgan fingerprint density at radius 2 is 2.50 bits per heavy atom. The molecule has 0 aromatic heterocycles. The lowest BCUT2D eigenvalue weighted by Gasteiger charge is -1.92. The van der Waals surface area contributed by atoms with Gasteiger partial charge in [0.25, 0.3) is 0 Å². The van der Waals surface area contributed by atoms with Gasteiger partial charge in [-0.05, 0) is 5.92 Å². The fourth-order valence-electron chi connectivity index (χ4n) is 0.357. The molecular formula is C7H8INO. The maximum atomic E-state index is 6.72. The fraction of sp³-hybridized carbons (Fsp3) is 0.286. The SMILES string of the molecule is CO/C(C#CCI)=C/C=N. The van der Waals surface area contributed by atoms with E-state index in [0.717, 1.165) is 10.6 Å². The van der Waals surface area contributed by atoms with Gasteiger partial charge in [-0.1, -0.05) is 28.5 Å². The molecule has 3 heteroatoms. The molecular weight excluding hydrogens is 241 g/mol. The molecule has 0 aliphatic rings. The summed E-state index contributed by atoms with van der Waals surface area (Å²) in [5, 5.41) is 6.72. The summed E-state index contributed by atoms with van der Waals surface area (Å²) in [6, 6.07) is 0. The summed E-state index contributed by atoms with van der Waals surface area (Å²) in [4.78, 5) is 0. The molecule has 0 heterocycles. The zero-order valence-electron chi connectivity index (χ0n) is 5.65. The van der Waals surface area contributed by atoms with Gasteiger partial charge in [0.2, 0.25) is 0 Å². The van der Waals surface area contributed by atoms with Gasteiger partial charge in [0.05, 0.1) is 11.5 Å². The molecule has 2 nitrogen and oxygen atoms in total. The molecule has 0 saturated carbocycles. The van der Waals surface area contributed by atoms with Crippen LogP contribution in [0.2, 0.25) is 0 Å². The highest BCUT2D eigenvalue weighted by Gasteiger charge is 1.83. The molecule has 0 fully saturated rings. The molecule has 54 valence electrons. The first kappa shape index (κ1) is 9.50. The van der Waals surface area contributed by atoms with Crippen molar-refractivity contribution in [2.45, 2.75) is 0 Å². The average Bonchev–Trinajstić information content (AvgIpc) is 1.98. The summed E-state index contributed by atoms with van der Waals surface area (Å²) in [7, 11) is 1.54. The first-order valence-corrected chi connectivity index (χ1v) is 4.17. The van der Waals surface area contributed by atoms with Gasteiger partial charge in [-0.15, -0.1) is 0 Å². The van der Waals surface area contributed by atoms with Gasteiger partial charge < -0.3 is 10.1 Å². The minimum Gasteiger partial charge on any atom is -0.489 e. The van der Waals surface area contributed by atoms with E-state index in [4.69, 9.17) is 10.1 Å². The predicted octanol–water partition coefficient (Wildman–Crippen LogP) is 1.60. The average molecular weight is 249 g/mol. The van der Waals surface area contributed by atoms with Gasteiger partial charge in [0.15, 0.2) is 5.76 Å². The van der Waals surface area contributed by atoms with Crippen LogP contribution in [0.4, 0.5) is 0 Å². The van der Waals surface area contributed by atoms with Gasteiger partial charge in [0.1, 0.15) is 0 Å². The molecule has 1 N–H and O–H groups in total. The molecule has 0 aliphatic carbocycles. The Balaban J connectivity index is 4.07. The normalized spacial score (nSPS) is 9.60. The Bertz CT molecular complexity index is 188. The minimum atomic E-state index is 0.534. The molecule has 0 aromatic rings. The third-order valence-corrected chi connectivity index (χ3v) is 1.11. The standard InChI is InChI=1S/C7H8INO/c1-10-7(4-6-9)3-2-5-8/h4,6,9H,5H2,1H3/b7-4+,9-6?. The molecule has 0 radical (unpaired) electrons. The zero-order valence-corrected chi connectivity index (χ0v) is 7.81. The first-order chi connectivity index (χ1) is 4.85. The molecule has 0 aliphatic heterocycles. The van der Waals surface area contributed by atoms with E-state index in [9.17, 15) is 0 Å². The largest absolute Gasteiger partial charge is 0.489 e. The van der Waals surface area contributed by atoms with Gasteiger partial charge in [-0.25, -0.2) is 0 Å². The molecule has 0 aromatic carbocycles. The van der Waals surface area contributed by atoms with Crippen LogP contribution < -0.4 is 0 Å². The van der Waals surface area contributed by atoms with Crippen LogP contribution in [0, 0.1) is 17.3 Å². The molecule has 0 unspecified atom stereocenters. The van der Waals surface area contributed by atoms with E-state index in [-0.39, 0.29) is 0 Å². The number of halogens is 1. The van der Waals surface area contributed by atoms with Crippen molar-refractivity contribution in [1.29, 1.82) is 5.41 Å². The summed E-state index contributed by atoms with van der Waals surface area (Å²) < 4.78 is 5.60. The summed E-state index contributed by atoms with van der Waals surface area (Å²) in [5.41, 5.74) is 0. The molecule has 0 bridgehead atoms. The highest BCUT2D eigenvalue weighted by molar-refractivity contribution is 14.1. The minimum absolute atomic E-state index is 0.534. The van der Waals surface area contributed by atoms with Crippen LogP contribution in [0.25, 0.3) is 0 Å². The Labute approximate surface area is 74.3 Å². The highest BCUT2D eigenvalue weighted by atomic mass is 127. The number of nitrogens with one attached hydrogen (secondary N) is 1. The summed E-state index contributed by atoms with van der Waals surface area (Å²) in [6.07, 6.45) is 2.67. The summed E-state index contributed by atoms with van der Waals surface area (Å²) in [5.74, 6) is 6.11. The van der Waals surface area contributed by atoms with Crippen molar-refractivity contribution < 1.29 is 4.74 Å². The second-order valence-electron chi connectivity index (χ2n) is 1.34. The van der Waals surface area contributed by atoms with Gasteiger partial charge >= 0.3 is 0 Å². The number of methoxy groups -OCH3 is 1. The number of ether oxygens (including phenoxy) is 1. The van der Waals surface area contributed by atoms with Gasteiger partial charge in [0, 0.05) is 12.3 Å². The van der Waals surface area contributed by atoms with Crippen molar-refractivity contribution in [3.05, 3.63) is 11.8 Å². The number of hydrogen-bond donors (Lipinski definition) is 1. The van der Waals surface area contributed by atoms with Crippen LogP contribution in [0.5, 0.6) is 0 Å². The van der Waals surface area contributed by atoms with E-state index in [2.05, 4.69) is 34.4 Å². The van der Waals surface area contributed by atoms with E-state index in [1.54, 1.807) is 0 Å². The van der Waals surface area contributed by atoms with Crippen molar-refractivity contribution >= 4 is 28.8 Å². The predicted molar refractivity (Wildman–Crippen MR) is 50.5 cm³/mol. The first-order valence-electron chi connectivity index (χ1n) is 2.64. The quantitative estimate of drug-likeness (QED) is 0.260. The smallest absolute Gasteiger partial charge is 0.171 e. The van der Waals surface area contributed by atoms with Crippen molar-refractivity contribution in [2.24, 2.45) is 0 Å². The topological polar surface area (TPSA) is 33.1 Å². The monoisotopic (exact) mass is 249 g/mol. The zero-order chi connectivity index (χ0) is 7.82. The Morgan fingerprint density at radius 1 is 1.80 bits per heavy atom. The van der Waals surface area contributed by atoms with Crippen LogP contribution >= 0.6 is 22.6 Å². The molecule has 0 rings (SSSR count). The lowest BCUT2D eigenvalue weighted by Crippen LogP contribution is -1.82. The number of rotatable bonds is 2. The van der Waals surface area contributed by atoms with Crippen molar-refractivity contribution in [3.8, 4) is 11.8 Å². The van der Waals surface area contributed by atoms with E-state index in [1.807, 2.05) is 0 Å². The summed E-state index contributed by atoms with van der Waals surface area (Å²) in [6.45, 7) is 0. The Kier molecular flexibility index (Phi) is 6.29. The second kappa shape index (κ2) is 6.62.